The van der Waals surface area contributed by atoms with E-state index in [0.29, 0.717) is 40.4 Å². The number of hydrogen-bond acceptors (Lipinski definition) is 4. The van der Waals surface area contributed by atoms with E-state index in [0.717, 1.165) is 22.0 Å². The second kappa shape index (κ2) is 7.94. The van der Waals surface area contributed by atoms with Crippen LogP contribution in [0.3, 0.4) is 0 Å². The van der Waals surface area contributed by atoms with Gasteiger partial charge in [0.15, 0.2) is 11.5 Å². The van der Waals surface area contributed by atoms with E-state index in [4.69, 9.17) is 32.8 Å². The van der Waals surface area contributed by atoms with Crippen molar-refractivity contribution < 1.29 is 4.52 Å². The van der Waals surface area contributed by atoms with Crippen LogP contribution in [0.1, 0.15) is 17.0 Å². The number of aromatic nitrogens is 4. The van der Waals surface area contributed by atoms with Gasteiger partial charge in [-0.3, -0.25) is 4.68 Å². The molecule has 0 aliphatic rings. The third-order valence-corrected chi connectivity index (χ3v) is 5.35. The average molecular weight is 435 g/mol. The van der Waals surface area contributed by atoms with Crippen molar-refractivity contribution in [3.8, 4) is 11.6 Å². The van der Waals surface area contributed by atoms with Crippen molar-refractivity contribution in [2.75, 3.05) is 0 Å². The zero-order valence-electron chi connectivity index (χ0n) is 15.8. The van der Waals surface area contributed by atoms with Crippen molar-refractivity contribution in [2.24, 2.45) is 0 Å². The lowest BCUT2D eigenvalue weighted by Crippen LogP contribution is -2.01. The smallest absolute Gasteiger partial charge is 0.279 e. The minimum Gasteiger partial charge on any atom is -0.332 e. The van der Waals surface area contributed by atoms with Crippen molar-refractivity contribution in [2.45, 2.75) is 13.0 Å². The molecular weight excluding hydrogens is 419 g/mol. The van der Waals surface area contributed by atoms with Gasteiger partial charge in [0.05, 0.1) is 12.1 Å². The van der Waals surface area contributed by atoms with Crippen molar-refractivity contribution in [1.29, 1.82) is 0 Å². The number of nitrogens with zero attached hydrogens (tertiary/aromatic N) is 4. The Morgan fingerprint density at radius 3 is 2.20 bits per heavy atom. The lowest BCUT2D eigenvalue weighted by Gasteiger charge is -2.03. The Kier molecular flexibility index (Phi) is 4.99. The fourth-order valence-electron chi connectivity index (χ4n) is 3.38. The zero-order chi connectivity index (χ0) is 20.5. The van der Waals surface area contributed by atoms with Crippen molar-refractivity contribution in [1.82, 2.24) is 19.9 Å². The van der Waals surface area contributed by atoms with E-state index in [9.17, 15) is 0 Å². The van der Waals surface area contributed by atoms with E-state index in [1.807, 2.05) is 77.5 Å². The molecule has 2 aromatic heterocycles. The molecule has 5 nitrogen and oxygen atoms in total. The second-order valence-electron chi connectivity index (χ2n) is 6.97. The first-order chi connectivity index (χ1) is 14.7. The van der Waals surface area contributed by atoms with E-state index < -0.39 is 0 Å². The number of rotatable bonds is 5. The molecule has 148 valence electrons. The summed E-state index contributed by atoms with van der Waals surface area (Å²) >= 11 is 12.0. The Morgan fingerprint density at radius 1 is 0.800 bits per heavy atom. The number of fused-ring (bicyclic) bond motifs is 1. The van der Waals surface area contributed by atoms with Gasteiger partial charge in [-0.2, -0.15) is 10.1 Å². The van der Waals surface area contributed by atoms with Crippen LogP contribution in [0.15, 0.2) is 77.3 Å². The number of halogens is 2. The Labute approximate surface area is 182 Å². The second-order valence-corrected chi connectivity index (χ2v) is 7.84. The van der Waals surface area contributed by atoms with Crippen LogP contribution in [-0.4, -0.2) is 19.9 Å². The van der Waals surface area contributed by atoms with Crippen LogP contribution in [0.25, 0.3) is 22.5 Å². The van der Waals surface area contributed by atoms with Gasteiger partial charge in [0.25, 0.3) is 5.89 Å². The molecule has 0 saturated carbocycles. The summed E-state index contributed by atoms with van der Waals surface area (Å²) in [6, 6.07) is 23.4. The van der Waals surface area contributed by atoms with Crippen LogP contribution >= 0.6 is 23.2 Å². The lowest BCUT2D eigenvalue weighted by atomic mass is 10.1. The van der Waals surface area contributed by atoms with Gasteiger partial charge in [-0.25, -0.2) is 0 Å². The van der Waals surface area contributed by atoms with E-state index in [1.165, 1.54) is 0 Å². The summed E-state index contributed by atoms with van der Waals surface area (Å²) < 4.78 is 7.50. The number of para-hydroxylation sites is 1. The molecule has 0 spiro atoms. The van der Waals surface area contributed by atoms with Gasteiger partial charge in [0.2, 0.25) is 0 Å². The van der Waals surface area contributed by atoms with Crippen LogP contribution in [0.5, 0.6) is 0 Å². The summed E-state index contributed by atoms with van der Waals surface area (Å²) in [5.74, 6) is 1.01. The summed E-state index contributed by atoms with van der Waals surface area (Å²) in [5.41, 5.74) is 3.84. The highest BCUT2D eigenvalue weighted by Crippen LogP contribution is 2.28. The standard InChI is InChI=1S/C23H16Cl2N4O/c24-17-9-5-15(6-10-17)13-21-26-23(30-28-21)22-19-3-1-2-4-20(19)29(27-22)14-16-7-11-18(25)12-8-16/h1-12H,13-14H2. The molecule has 0 saturated heterocycles. The average Bonchev–Trinajstić information content (AvgIpc) is 3.36. The normalized spacial score (nSPS) is 11.3. The third-order valence-electron chi connectivity index (χ3n) is 4.85. The largest absolute Gasteiger partial charge is 0.332 e. The van der Waals surface area contributed by atoms with Crippen LogP contribution in [0.4, 0.5) is 0 Å². The SMILES string of the molecule is Clc1ccc(Cc2noc(-c3nn(Cc4ccc(Cl)cc4)c4ccccc34)n2)cc1. The Morgan fingerprint density at radius 2 is 1.47 bits per heavy atom. The molecule has 3 aromatic carbocycles. The van der Waals surface area contributed by atoms with E-state index in [2.05, 4.69) is 10.1 Å². The fraction of sp³-hybridized carbons (Fsp3) is 0.0870. The molecule has 30 heavy (non-hydrogen) atoms. The quantitative estimate of drug-likeness (QED) is 0.338. The summed E-state index contributed by atoms with van der Waals surface area (Å²) in [6.45, 7) is 0.615. The molecule has 0 unspecified atom stereocenters. The number of benzene rings is 3. The van der Waals surface area contributed by atoms with Crippen molar-refractivity contribution in [3.05, 3.63) is 99.8 Å². The first-order valence-electron chi connectivity index (χ1n) is 9.43. The first kappa shape index (κ1) is 18.9. The molecule has 0 N–H and O–H groups in total. The minimum absolute atomic E-state index is 0.407. The van der Waals surface area contributed by atoms with Gasteiger partial charge in [-0.05, 0) is 41.5 Å². The van der Waals surface area contributed by atoms with E-state index in [1.54, 1.807) is 0 Å². The molecule has 0 fully saturated rings. The summed E-state index contributed by atoms with van der Waals surface area (Å²) in [4.78, 5) is 4.58. The van der Waals surface area contributed by atoms with Crippen LogP contribution in [-0.2, 0) is 13.0 Å². The highest BCUT2D eigenvalue weighted by molar-refractivity contribution is 6.30. The zero-order valence-corrected chi connectivity index (χ0v) is 17.3. The number of hydrogen-bond donors (Lipinski definition) is 0. The van der Waals surface area contributed by atoms with Gasteiger partial charge in [0, 0.05) is 21.9 Å². The molecule has 0 amide bonds. The van der Waals surface area contributed by atoms with Gasteiger partial charge in [0.1, 0.15) is 0 Å². The monoisotopic (exact) mass is 434 g/mol. The minimum atomic E-state index is 0.407. The first-order valence-corrected chi connectivity index (χ1v) is 10.2. The molecule has 0 atom stereocenters. The highest BCUT2D eigenvalue weighted by Gasteiger charge is 2.18. The van der Waals surface area contributed by atoms with E-state index >= 15 is 0 Å². The van der Waals surface area contributed by atoms with Crippen molar-refractivity contribution in [3.63, 3.8) is 0 Å². The van der Waals surface area contributed by atoms with Crippen molar-refractivity contribution >= 4 is 34.1 Å². The molecule has 0 aliphatic carbocycles. The molecule has 0 aliphatic heterocycles. The topological polar surface area (TPSA) is 56.7 Å². The van der Waals surface area contributed by atoms with Gasteiger partial charge < -0.3 is 4.52 Å². The summed E-state index contributed by atoms with van der Waals surface area (Å²) in [6.07, 6.45) is 0.560. The van der Waals surface area contributed by atoms with Crippen LogP contribution in [0, 0.1) is 0 Å². The van der Waals surface area contributed by atoms with E-state index in [-0.39, 0.29) is 0 Å². The summed E-state index contributed by atoms with van der Waals surface area (Å²) in [7, 11) is 0. The third kappa shape index (κ3) is 3.82. The predicted octanol–water partition coefficient (Wildman–Crippen LogP) is 6.03. The van der Waals surface area contributed by atoms with Gasteiger partial charge >= 0.3 is 0 Å². The highest BCUT2D eigenvalue weighted by atomic mass is 35.5. The Balaban J connectivity index is 1.48. The molecule has 5 aromatic rings. The maximum atomic E-state index is 6.01. The van der Waals surface area contributed by atoms with Gasteiger partial charge in [-0.1, -0.05) is 70.8 Å². The van der Waals surface area contributed by atoms with Gasteiger partial charge in [-0.15, -0.1) is 0 Å². The maximum Gasteiger partial charge on any atom is 0.279 e. The van der Waals surface area contributed by atoms with Crippen LogP contribution in [0.2, 0.25) is 10.0 Å². The molecule has 0 bridgehead atoms. The molecule has 5 rings (SSSR count). The Hall–Kier alpha value is -3.15. The molecular formula is C23H16Cl2N4O. The lowest BCUT2D eigenvalue weighted by molar-refractivity contribution is 0.422. The maximum absolute atomic E-state index is 6.01. The fourth-order valence-corrected chi connectivity index (χ4v) is 3.63. The Bertz CT molecular complexity index is 1310. The van der Waals surface area contributed by atoms with Crippen LogP contribution < -0.4 is 0 Å². The summed E-state index contributed by atoms with van der Waals surface area (Å²) in [5, 5.41) is 11.3. The molecule has 0 radical (unpaired) electrons. The predicted molar refractivity (Wildman–Crippen MR) is 118 cm³/mol. The molecule has 2 heterocycles. The molecule has 7 heteroatoms.